The van der Waals surface area contributed by atoms with Gasteiger partial charge < -0.3 is 10.3 Å². The van der Waals surface area contributed by atoms with Crippen molar-refractivity contribution in [3.8, 4) is 0 Å². The number of hydrogen-bond acceptors (Lipinski definition) is 3. The molecule has 1 atom stereocenters. The van der Waals surface area contributed by atoms with Crippen LogP contribution in [0.1, 0.15) is 40.4 Å². The third-order valence-corrected chi connectivity index (χ3v) is 3.79. The molecule has 3 aromatic rings. The fraction of sp³-hybridized carbons (Fsp3) is 0.167. The van der Waals surface area contributed by atoms with Gasteiger partial charge in [-0.1, -0.05) is 6.92 Å². The Bertz CT molecular complexity index is 880. The molecule has 1 aromatic carbocycles. The minimum Gasteiger partial charge on any atom is -0.340 e. The molecule has 0 aliphatic heterocycles. The summed E-state index contributed by atoms with van der Waals surface area (Å²) in [6, 6.07) is 5.56. The highest BCUT2D eigenvalue weighted by Crippen LogP contribution is 2.25. The van der Waals surface area contributed by atoms with Crippen LogP contribution in [0.2, 0.25) is 0 Å². The van der Waals surface area contributed by atoms with Gasteiger partial charge in [-0.15, -0.1) is 0 Å². The number of hydrogen-bond donors (Lipinski definition) is 2. The average Bonchev–Trinajstić information content (AvgIpc) is 3.12. The van der Waals surface area contributed by atoms with E-state index in [4.69, 9.17) is 0 Å². The van der Waals surface area contributed by atoms with Gasteiger partial charge in [0.05, 0.1) is 12.2 Å². The van der Waals surface area contributed by atoms with Crippen LogP contribution >= 0.6 is 0 Å². The largest absolute Gasteiger partial charge is 0.340 e. The summed E-state index contributed by atoms with van der Waals surface area (Å²) >= 11 is 0. The van der Waals surface area contributed by atoms with Gasteiger partial charge in [0, 0.05) is 24.4 Å². The number of amides is 1. The number of aromatic amines is 1. The molecule has 1 unspecified atom stereocenters. The van der Waals surface area contributed by atoms with Gasteiger partial charge in [0.15, 0.2) is 0 Å². The fourth-order valence-electron chi connectivity index (χ4n) is 2.50. The monoisotopic (exact) mass is 342 g/mol. The molecule has 0 aliphatic carbocycles. The second-order valence-electron chi connectivity index (χ2n) is 5.45. The molecule has 2 heterocycles. The molecule has 2 N–H and O–H groups in total. The van der Waals surface area contributed by atoms with Gasteiger partial charge in [-0.3, -0.25) is 9.78 Å². The molecule has 5 nitrogen and oxygen atoms in total. The number of aryl methyl sites for hydroxylation is 1. The summed E-state index contributed by atoms with van der Waals surface area (Å²) in [5, 5.41) is 2.73. The molecule has 0 saturated carbocycles. The van der Waals surface area contributed by atoms with Crippen molar-refractivity contribution in [2.75, 3.05) is 0 Å². The second kappa shape index (κ2) is 7.21. The standard InChI is InChI=1S/C18H16F2N4O/c1-2-16-22-10-15(23-16)18(25)24-17(11-5-7-21-8-6-11)13-9-12(19)3-4-14(13)20/h3-10,17H,2H2,1H3,(H,22,23)(H,24,25). The maximum absolute atomic E-state index is 14.3. The number of rotatable bonds is 5. The number of aromatic nitrogens is 3. The van der Waals surface area contributed by atoms with Crippen LogP contribution in [0, 0.1) is 11.6 Å². The van der Waals surface area contributed by atoms with Crippen molar-refractivity contribution in [1.82, 2.24) is 20.3 Å². The zero-order chi connectivity index (χ0) is 17.8. The first kappa shape index (κ1) is 16.8. The summed E-state index contributed by atoms with van der Waals surface area (Å²) in [5.41, 5.74) is 0.880. The number of halogens is 2. The Kier molecular flexibility index (Phi) is 4.83. The van der Waals surface area contributed by atoms with Gasteiger partial charge >= 0.3 is 0 Å². The predicted octanol–water partition coefficient (Wildman–Crippen LogP) is 3.16. The molecule has 25 heavy (non-hydrogen) atoms. The van der Waals surface area contributed by atoms with E-state index in [0.717, 1.165) is 18.2 Å². The molecule has 0 radical (unpaired) electrons. The Hall–Kier alpha value is -3.09. The van der Waals surface area contributed by atoms with Gasteiger partial charge in [0.1, 0.15) is 23.2 Å². The van der Waals surface area contributed by atoms with E-state index in [-0.39, 0.29) is 11.3 Å². The van der Waals surface area contributed by atoms with Crippen molar-refractivity contribution in [1.29, 1.82) is 0 Å². The Morgan fingerprint density at radius 1 is 1.24 bits per heavy atom. The minimum absolute atomic E-state index is 0.0368. The molecule has 0 aliphatic rings. The maximum atomic E-state index is 14.3. The molecular formula is C18H16F2N4O. The Morgan fingerprint density at radius 3 is 2.68 bits per heavy atom. The molecule has 2 aromatic heterocycles. The van der Waals surface area contributed by atoms with Gasteiger partial charge in [0.25, 0.3) is 5.91 Å². The van der Waals surface area contributed by atoms with Gasteiger partial charge in [-0.25, -0.2) is 13.8 Å². The number of pyridine rings is 1. The van der Waals surface area contributed by atoms with Crippen LogP contribution in [0.4, 0.5) is 8.78 Å². The van der Waals surface area contributed by atoms with Gasteiger partial charge in [-0.2, -0.15) is 0 Å². The maximum Gasteiger partial charge on any atom is 0.270 e. The van der Waals surface area contributed by atoms with E-state index in [0.29, 0.717) is 17.8 Å². The Labute approximate surface area is 143 Å². The summed E-state index contributed by atoms with van der Waals surface area (Å²) in [5.74, 6) is -0.984. The topological polar surface area (TPSA) is 70.7 Å². The van der Waals surface area contributed by atoms with Crippen molar-refractivity contribution < 1.29 is 13.6 Å². The number of carbonyl (C=O) groups excluding carboxylic acids is 1. The second-order valence-corrected chi connectivity index (χ2v) is 5.45. The fourth-order valence-corrected chi connectivity index (χ4v) is 2.50. The Morgan fingerprint density at radius 2 is 2.00 bits per heavy atom. The number of benzene rings is 1. The summed E-state index contributed by atoms with van der Waals surface area (Å²) in [6.07, 6.45) is 5.12. The Balaban J connectivity index is 1.97. The first-order chi connectivity index (χ1) is 12.1. The van der Waals surface area contributed by atoms with E-state index in [1.807, 2.05) is 6.92 Å². The van der Waals surface area contributed by atoms with Crippen LogP contribution in [0.3, 0.4) is 0 Å². The molecule has 128 valence electrons. The molecule has 0 saturated heterocycles. The van der Waals surface area contributed by atoms with E-state index in [1.165, 1.54) is 18.6 Å². The van der Waals surface area contributed by atoms with Crippen molar-refractivity contribution in [2.24, 2.45) is 0 Å². The third kappa shape index (κ3) is 3.71. The number of imidazole rings is 1. The highest BCUT2D eigenvalue weighted by molar-refractivity contribution is 5.92. The SMILES string of the molecule is CCc1ncc(C(=O)NC(c2ccncc2)c2cc(F)ccc2F)[nH]1. The summed E-state index contributed by atoms with van der Waals surface area (Å²) in [4.78, 5) is 23.4. The molecule has 3 rings (SSSR count). The smallest absolute Gasteiger partial charge is 0.270 e. The average molecular weight is 342 g/mol. The third-order valence-electron chi connectivity index (χ3n) is 3.79. The number of nitrogens with one attached hydrogen (secondary N) is 2. The van der Waals surface area contributed by atoms with Crippen LogP contribution in [-0.2, 0) is 6.42 Å². The number of H-pyrrole nitrogens is 1. The van der Waals surface area contributed by atoms with Crippen LogP contribution in [-0.4, -0.2) is 20.9 Å². The minimum atomic E-state index is -0.862. The van der Waals surface area contributed by atoms with Gasteiger partial charge in [-0.05, 0) is 35.9 Å². The number of carbonyl (C=O) groups is 1. The van der Waals surface area contributed by atoms with Crippen molar-refractivity contribution in [2.45, 2.75) is 19.4 Å². The lowest BCUT2D eigenvalue weighted by molar-refractivity contribution is 0.0937. The van der Waals surface area contributed by atoms with Crippen molar-refractivity contribution in [3.63, 3.8) is 0 Å². The molecule has 0 spiro atoms. The lowest BCUT2D eigenvalue weighted by atomic mass is 9.98. The molecular weight excluding hydrogens is 326 g/mol. The summed E-state index contributed by atoms with van der Waals surface area (Å²) in [6.45, 7) is 1.91. The quantitative estimate of drug-likeness (QED) is 0.748. The van der Waals surface area contributed by atoms with Crippen molar-refractivity contribution >= 4 is 5.91 Å². The van der Waals surface area contributed by atoms with Crippen LogP contribution in [0.25, 0.3) is 0 Å². The lowest BCUT2D eigenvalue weighted by Gasteiger charge is -2.20. The van der Waals surface area contributed by atoms with E-state index in [9.17, 15) is 13.6 Å². The first-order valence-corrected chi connectivity index (χ1v) is 7.78. The van der Waals surface area contributed by atoms with E-state index in [1.54, 1.807) is 12.1 Å². The first-order valence-electron chi connectivity index (χ1n) is 7.78. The summed E-state index contributed by atoms with van der Waals surface area (Å²) in [7, 11) is 0. The zero-order valence-corrected chi connectivity index (χ0v) is 13.5. The zero-order valence-electron chi connectivity index (χ0n) is 13.5. The lowest BCUT2D eigenvalue weighted by Crippen LogP contribution is -2.30. The number of nitrogens with zero attached hydrogens (tertiary/aromatic N) is 2. The highest BCUT2D eigenvalue weighted by Gasteiger charge is 2.22. The molecule has 7 heteroatoms. The molecule has 0 bridgehead atoms. The predicted molar refractivity (Wildman–Crippen MR) is 87.9 cm³/mol. The normalized spacial score (nSPS) is 12.0. The molecule has 0 fully saturated rings. The summed E-state index contributed by atoms with van der Waals surface area (Å²) < 4.78 is 27.9. The van der Waals surface area contributed by atoms with Crippen LogP contribution in [0.15, 0.2) is 48.9 Å². The van der Waals surface area contributed by atoms with E-state index in [2.05, 4.69) is 20.3 Å². The van der Waals surface area contributed by atoms with Crippen molar-refractivity contribution in [3.05, 3.63) is 83.2 Å². The highest BCUT2D eigenvalue weighted by atomic mass is 19.1. The van der Waals surface area contributed by atoms with Crippen LogP contribution in [0.5, 0.6) is 0 Å². The van der Waals surface area contributed by atoms with E-state index < -0.39 is 23.6 Å². The van der Waals surface area contributed by atoms with Gasteiger partial charge in [0.2, 0.25) is 0 Å². The van der Waals surface area contributed by atoms with E-state index >= 15 is 0 Å². The molecule has 1 amide bonds. The van der Waals surface area contributed by atoms with Crippen LogP contribution < -0.4 is 5.32 Å².